The average Bonchev–Trinajstić information content (AvgIpc) is 3.29. The lowest BCUT2D eigenvalue weighted by Crippen LogP contribution is -2.52. The minimum absolute atomic E-state index is 0.00250. The van der Waals surface area contributed by atoms with Crippen LogP contribution in [0.1, 0.15) is 96.8 Å². The van der Waals surface area contributed by atoms with Gasteiger partial charge >= 0.3 is 5.97 Å². The summed E-state index contributed by atoms with van der Waals surface area (Å²) in [6.07, 6.45) is 17.9. The summed E-state index contributed by atoms with van der Waals surface area (Å²) in [5, 5.41) is 3.10. The van der Waals surface area contributed by atoms with E-state index in [1.54, 1.807) is 0 Å². The highest BCUT2D eigenvalue weighted by Gasteiger charge is 2.55. The van der Waals surface area contributed by atoms with Gasteiger partial charge in [-0.1, -0.05) is 37.0 Å². The number of fused-ring (bicyclic) bond motifs is 1. The molecule has 1 heterocycles. The molecule has 0 spiro atoms. The van der Waals surface area contributed by atoms with Crippen molar-refractivity contribution in [3.63, 3.8) is 0 Å². The van der Waals surface area contributed by atoms with E-state index >= 15 is 0 Å². The molecular weight excluding hydrogens is 428 g/mol. The van der Waals surface area contributed by atoms with Crippen molar-refractivity contribution < 1.29 is 19.1 Å². The summed E-state index contributed by atoms with van der Waals surface area (Å²) in [7, 11) is 0. The molecule has 188 valence electrons. The maximum atomic E-state index is 13.6. The van der Waals surface area contributed by atoms with Gasteiger partial charge in [0.25, 0.3) is 0 Å². The molecule has 0 radical (unpaired) electrons. The van der Waals surface area contributed by atoms with Crippen LogP contribution in [-0.4, -0.2) is 42.4 Å². The first-order valence-electron chi connectivity index (χ1n) is 13.7. The minimum Gasteiger partial charge on any atom is -0.465 e. The number of nitrogens with zero attached hydrogens (tertiary/aromatic N) is 1. The van der Waals surface area contributed by atoms with Crippen LogP contribution in [-0.2, 0) is 19.1 Å². The van der Waals surface area contributed by atoms with E-state index in [9.17, 15) is 14.4 Å². The van der Waals surface area contributed by atoms with Crippen molar-refractivity contribution in [1.29, 1.82) is 0 Å². The second-order valence-corrected chi connectivity index (χ2v) is 10.7. The third-order valence-corrected chi connectivity index (χ3v) is 8.35. The van der Waals surface area contributed by atoms with Crippen molar-refractivity contribution in [2.24, 2.45) is 17.3 Å². The van der Waals surface area contributed by atoms with E-state index in [1.807, 2.05) is 11.8 Å². The van der Waals surface area contributed by atoms with E-state index < -0.39 is 11.3 Å². The molecule has 4 rings (SSSR count). The molecule has 2 amide bonds. The van der Waals surface area contributed by atoms with E-state index in [4.69, 9.17) is 4.74 Å². The van der Waals surface area contributed by atoms with Crippen molar-refractivity contribution in [2.75, 3.05) is 19.7 Å². The molecule has 0 aromatic heterocycles. The topological polar surface area (TPSA) is 75.7 Å². The zero-order valence-electron chi connectivity index (χ0n) is 20.9. The molecule has 3 aliphatic carbocycles. The zero-order valence-corrected chi connectivity index (χ0v) is 20.9. The SMILES string of the molecule is CCOC(=O)[C@]12CCC=C1N(CCC1=CCCCC1)C(=O)[C@H](CC(=O)NCC1CCCCC1)C2. The molecule has 34 heavy (non-hydrogen) atoms. The van der Waals surface area contributed by atoms with Crippen LogP contribution in [0, 0.1) is 17.3 Å². The largest absolute Gasteiger partial charge is 0.465 e. The molecule has 4 aliphatic rings. The smallest absolute Gasteiger partial charge is 0.318 e. The molecule has 1 N–H and O–H groups in total. The van der Waals surface area contributed by atoms with Gasteiger partial charge in [0.2, 0.25) is 11.8 Å². The molecular formula is C28H42N2O4. The molecule has 0 unspecified atom stereocenters. The summed E-state index contributed by atoms with van der Waals surface area (Å²) in [5.41, 5.74) is 1.44. The Balaban J connectivity index is 1.47. The Hall–Kier alpha value is -2.11. The van der Waals surface area contributed by atoms with Crippen LogP contribution in [0.3, 0.4) is 0 Å². The summed E-state index contributed by atoms with van der Waals surface area (Å²) in [5.74, 6) is -0.233. The highest BCUT2D eigenvalue weighted by Crippen LogP contribution is 2.51. The summed E-state index contributed by atoms with van der Waals surface area (Å²) >= 11 is 0. The lowest BCUT2D eigenvalue weighted by Gasteiger charge is -2.44. The fourth-order valence-electron chi connectivity index (χ4n) is 6.48. The van der Waals surface area contributed by atoms with E-state index in [-0.39, 0.29) is 24.2 Å². The van der Waals surface area contributed by atoms with Crippen molar-refractivity contribution in [1.82, 2.24) is 10.2 Å². The van der Waals surface area contributed by atoms with E-state index in [0.717, 1.165) is 31.4 Å². The highest BCUT2D eigenvalue weighted by atomic mass is 16.5. The Kier molecular flexibility index (Phi) is 8.49. The van der Waals surface area contributed by atoms with Gasteiger partial charge in [0.1, 0.15) is 5.41 Å². The van der Waals surface area contributed by atoms with Crippen LogP contribution in [0.2, 0.25) is 0 Å². The zero-order chi connectivity index (χ0) is 24.0. The molecule has 1 aliphatic heterocycles. The third-order valence-electron chi connectivity index (χ3n) is 8.35. The number of carbonyl (C=O) groups excluding carboxylic acids is 3. The van der Waals surface area contributed by atoms with Gasteiger partial charge in [-0.25, -0.2) is 0 Å². The molecule has 0 aromatic carbocycles. The Morgan fingerprint density at radius 1 is 1.12 bits per heavy atom. The molecule has 1 saturated heterocycles. The number of amides is 2. The number of piperidine rings is 1. The lowest BCUT2D eigenvalue weighted by atomic mass is 9.71. The van der Waals surface area contributed by atoms with Gasteiger partial charge < -0.3 is 15.0 Å². The first kappa shape index (κ1) is 25.0. The number of rotatable bonds is 9. The standard InChI is InChI=1S/C28H42N2O4/c1-2-34-27(33)28-16-9-14-24(28)30(17-15-21-10-5-3-6-11-21)26(32)23(19-28)18-25(31)29-20-22-12-7-4-8-13-22/h10,14,22-23H,2-9,11-13,15-20H2,1H3,(H,29,31)/t23-,28+/m1/s1. The Morgan fingerprint density at radius 2 is 1.94 bits per heavy atom. The van der Waals surface area contributed by atoms with Gasteiger partial charge in [0, 0.05) is 31.1 Å². The number of carbonyl (C=O) groups is 3. The van der Waals surface area contributed by atoms with Crippen LogP contribution < -0.4 is 5.32 Å². The summed E-state index contributed by atoms with van der Waals surface area (Å²) in [6, 6.07) is 0. The number of likely N-dealkylation sites (tertiary alicyclic amines) is 1. The van der Waals surface area contributed by atoms with Crippen LogP contribution in [0.4, 0.5) is 0 Å². The number of hydrogen-bond donors (Lipinski definition) is 1. The van der Waals surface area contributed by atoms with Crippen molar-refractivity contribution >= 4 is 17.8 Å². The first-order valence-corrected chi connectivity index (χ1v) is 13.7. The maximum Gasteiger partial charge on any atom is 0.318 e. The van der Waals surface area contributed by atoms with Crippen molar-refractivity contribution in [3.05, 3.63) is 23.4 Å². The van der Waals surface area contributed by atoms with Crippen LogP contribution >= 0.6 is 0 Å². The second kappa shape index (κ2) is 11.5. The van der Waals surface area contributed by atoms with Gasteiger partial charge in [-0.2, -0.15) is 0 Å². The predicted molar refractivity (Wildman–Crippen MR) is 132 cm³/mol. The Morgan fingerprint density at radius 3 is 2.68 bits per heavy atom. The molecule has 1 saturated carbocycles. The number of allylic oxidation sites excluding steroid dienone is 2. The third kappa shape index (κ3) is 5.58. The van der Waals surface area contributed by atoms with Gasteiger partial charge in [-0.3, -0.25) is 14.4 Å². The summed E-state index contributed by atoms with van der Waals surface area (Å²) in [6.45, 7) is 3.43. The van der Waals surface area contributed by atoms with E-state index in [2.05, 4.69) is 17.5 Å². The van der Waals surface area contributed by atoms with E-state index in [1.165, 1.54) is 50.5 Å². The van der Waals surface area contributed by atoms with Crippen molar-refractivity contribution in [2.45, 2.75) is 96.8 Å². The van der Waals surface area contributed by atoms with Gasteiger partial charge in [0.15, 0.2) is 0 Å². The fraction of sp³-hybridized carbons (Fsp3) is 0.750. The van der Waals surface area contributed by atoms with Crippen LogP contribution in [0.5, 0.6) is 0 Å². The highest BCUT2D eigenvalue weighted by molar-refractivity contribution is 5.92. The molecule has 6 heteroatoms. The van der Waals surface area contributed by atoms with Gasteiger partial charge in [-0.05, 0) is 77.0 Å². The molecule has 0 aromatic rings. The number of nitrogens with one attached hydrogen (secondary N) is 1. The van der Waals surface area contributed by atoms with Gasteiger partial charge in [-0.15, -0.1) is 0 Å². The monoisotopic (exact) mass is 470 g/mol. The molecule has 2 atom stereocenters. The first-order chi connectivity index (χ1) is 16.5. The molecule has 2 fully saturated rings. The van der Waals surface area contributed by atoms with Gasteiger partial charge in [0.05, 0.1) is 6.61 Å². The normalized spacial score (nSPS) is 27.6. The van der Waals surface area contributed by atoms with Crippen molar-refractivity contribution in [3.8, 4) is 0 Å². The summed E-state index contributed by atoms with van der Waals surface area (Å²) in [4.78, 5) is 41.6. The predicted octanol–water partition coefficient (Wildman–Crippen LogP) is 5.04. The Bertz CT molecular complexity index is 826. The Labute approximate surface area is 204 Å². The maximum absolute atomic E-state index is 13.6. The van der Waals surface area contributed by atoms with Crippen LogP contribution in [0.25, 0.3) is 0 Å². The number of hydrogen-bond acceptors (Lipinski definition) is 4. The lowest BCUT2D eigenvalue weighted by molar-refractivity contribution is -0.160. The minimum atomic E-state index is -0.792. The average molecular weight is 471 g/mol. The quantitative estimate of drug-likeness (QED) is 0.378. The van der Waals surface area contributed by atoms with Crippen LogP contribution in [0.15, 0.2) is 23.4 Å². The molecule has 6 nitrogen and oxygen atoms in total. The van der Waals surface area contributed by atoms with E-state index in [0.29, 0.717) is 38.5 Å². The molecule has 0 bridgehead atoms. The fourth-order valence-corrected chi connectivity index (χ4v) is 6.48. The number of ether oxygens (including phenoxy) is 1. The summed E-state index contributed by atoms with van der Waals surface area (Å²) < 4.78 is 5.51. The number of esters is 1. The second-order valence-electron chi connectivity index (χ2n) is 10.7.